The van der Waals surface area contributed by atoms with E-state index in [2.05, 4.69) is 19.8 Å². The summed E-state index contributed by atoms with van der Waals surface area (Å²) >= 11 is 11.5. The second kappa shape index (κ2) is 5.93. The molecule has 120 valence electrons. The van der Waals surface area contributed by atoms with Crippen LogP contribution in [0.1, 0.15) is 5.82 Å². The SMILES string of the molecule is O=S(=O)(NCc1nc2ncccn2n1)c1cc(Cl)cc(Cl)c1O. The summed E-state index contributed by atoms with van der Waals surface area (Å²) < 4.78 is 28.2. The quantitative estimate of drug-likeness (QED) is 0.718. The van der Waals surface area contributed by atoms with Crippen molar-refractivity contribution in [3.63, 3.8) is 0 Å². The number of aromatic nitrogens is 4. The van der Waals surface area contributed by atoms with E-state index in [0.717, 1.165) is 6.07 Å². The number of hydrogen-bond acceptors (Lipinski definition) is 6. The zero-order valence-corrected chi connectivity index (χ0v) is 13.6. The first-order valence-corrected chi connectivity index (χ1v) is 8.45. The molecule has 8 nitrogen and oxygen atoms in total. The third kappa shape index (κ3) is 3.22. The number of benzene rings is 1. The van der Waals surface area contributed by atoms with Crippen molar-refractivity contribution < 1.29 is 13.5 Å². The van der Waals surface area contributed by atoms with Crippen LogP contribution >= 0.6 is 23.2 Å². The molecule has 0 saturated carbocycles. The number of rotatable bonds is 4. The molecule has 0 fully saturated rings. The average molecular weight is 374 g/mol. The minimum atomic E-state index is -4.05. The van der Waals surface area contributed by atoms with Crippen LogP contribution in [0.4, 0.5) is 0 Å². The number of nitrogens with zero attached hydrogens (tertiary/aromatic N) is 4. The van der Waals surface area contributed by atoms with E-state index < -0.39 is 20.7 Å². The molecule has 2 heterocycles. The van der Waals surface area contributed by atoms with Gasteiger partial charge in [-0.2, -0.15) is 4.98 Å². The standard InChI is InChI=1S/C12H9Cl2N5O3S/c13-7-4-8(14)11(20)9(5-7)23(21,22)16-6-10-17-12-15-2-1-3-19(12)18-10/h1-5,16,20H,6H2. The maximum Gasteiger partial charge on any atom is 0.252 e. The molecule has 23 heavy (non-hydrogen) atoms. The van der Waals surface area contributed by atoms with Gasteiger partial charge in [0, 0.05) is 17.4 Å². The molecule has 0 saturated heterocycles. The largest absolute Gasteiger partial charge is 0.505 e. The summed E-state index contributed by atoms with van der Waals surface area (Å²) in [6, 6.07) is 4.01. The van der Waals surface area contributed by atoms with Crippen molar-refractivity contribution in [1.82, 2.24) is 24.3 Å². The highest BCUT2D eigenvalue weighted by Crippen LogP contribution is 2.33. The highest BCUT2D eigenvalue weighted by Gasteiger charge is 2.22. The lowest BCUT2D eigenvalue weighted by atomic mass is 10.3. The maximum absolute atomic E-state index is 12.3. The number of hydrogen-bond donors (Lipinski definition) is 2. The van der Waals surface area contributed by atoms with Crippen LogP contribution in [-0.2, 0) is 16.6 Å². The van der Waals surface area contributed by atoms with Gasteiger partial charge in [-0.15, -0.1) is 5.10 Å². The summed E-state index contributed by atoms with van der Waals surface area (Å²) in [5.74, 6) is -0.0107. The fraction of sp³-hybridized carbons (Fsp3) is 0.0833. The monoisotopic (exact) mass is 373 g/mol. The van der Waals surface area contributed by atoms with Crippen molar-refractivity contribution >= 4 is 39.0 Å². The molecule has 0 amide bonds. The molecule has 0 radical (unpaired) electrons. The van der Waals surface area contributed by atoms with Gasteiger partial charge in [-0.3, -0.25) is 0 Å². The maximum atomic E-state index is 12.3. The molecule has 2 N–H and O–H groups in total. The van der Waals surface area contributed by atoms with Crippen LogP contribution in [0.5, 0.6) is 5.75 Å². The zero-order chi connectivity index (χ0) is 16.6. The Bertz CT molecular complexity index is 957. The normalized spacial score (nSPS) is 11.9. The summed E-state index contributed by atoms with van der Waals surface area (Å²) in [5.41, 5.74) is 0. The summed E-state index contributed by atoms with van der Waals surface area (Å²) in [4.78, 5) is 7.63. The summed E-state index contributed by atoms with van der Waals surface area (Å²) in [6.45, 7) is -0.185. The van der Waals surface area contributed by atoms with E-state index in [1.54, 1.807) is 18.5 Å². The van der Waals surface area contributed by atoms with E-state index >= 15 is 0 Å². The molecule has 0 aliphatic heterocycles. The molecule has 1 aromatic carbocycles. The number of halogens is 2. The highest BCUT2D eigenvalue weighted by atomic mass is 35.5. The van der Waals surface area contributed by atoms with Gasteiger partial charge in [-0.25, -0.2) is 22.6 Å². The molecular weight excluding hydrogens is 365 g/mol. The molecular formula is C12H9Cl2N5O3S. The second-order valence-electron chi connectivity index (χ2n) is 4.45. The molecule has 0 bridgehead atoms. The van der Waals surface area contributed by atoms with E-state index in [4.69, 9.17) is 23.2 Å². The first-order chi connectivity index (χ1) is 10.9. The molecule has 0 atom stereocenters. The number of phenolic OH excluding ortho intramolecular Hbond substituents is 1. The van der Waals surface area contributed by atoms with Gasteiger partial charge in [0.2, 0.25) is 10.0 Å². The number of fused-ring (bicyclic) bond motifs is 1. The molecule has 3 rings (SSSR count). The lowest BCUT2D eigenvalue weighted by Crippen LogP contribution is -2.24. The van der Waals surface area contributed by atoms with Crippen molar-refractivity contribution in [2.75, 3.05) is 0 Å². The number of nitrogens with one attached hydrogen (secondary N) is 1. The van der Waals surface area contributed by atoms with Crippen molar-refractivity contribution in [2.45, 2.75) is 11.4 Å². The molecule has 0 spiro atoms. The van der Waals surface area contributed by atoms with Gasteiger partial charge in [-0.05, 0) is 18.2 Å². The Labute approximate surface area is 140 Å². The Morgan fingerprint density at radius 3 is 2.83 bits per heavy atom. The van der Waals surface area contributed by atoms with Crippen LogP contribution in [-0.4, -0.2) is 33.1 Å². The summed E-state index contributed by atoms with van der Waals surface area (Å²) in [7, 11) is -4.05. The van der Waals surface area contributed by atoms with Crippen LogP contribution in [0, 0.1) is 0 Å². The first kappa shape index (κ1) is 15.9. The lowest BCUT2D eigenvalue weighted by Gasteiger charge is -2.08. The Morgan fingerprint density at radius 1 is 1.30 bits per heavy atom. The minimum Gasteiger partial charge on any atom is -0.505 e. The third-order valence-electron chi connectivity index (χ3n) is 2.86. The minimum absolute atomic E-state index is 0.0863. The Hall–Kier alpha value is -1.94. The highest BCUT2D eigenvalue weighted by molar-refractivity contribution is 7.89. The van der Waals surface area contributed by atoms with Crippen LogP contribution in [0.25, 0.3) is 5.78 Å². The molecule has 0 aliphatic rings. The lowest BCUT2D eigenvalue weighted by molar-refractivity contribution is 0.458. The van der Waals surface area contributed by atoms with Gasteiger partial charge < -0.3 is 5.11 Å². The van der Waals surface area contributed by atoms with Gasteiger partial charge >= 0.3 is 0 Å². The van der Waals surface area contributed by atoms with Crippen LogP contribution < -0.4 is 4.72 Å². The van der Waals surface area contributed by atoms with Gasteiger partial charge in [0.25, 0.3) is 5.78 Å². The molecule has 0 unspecified atom stereocenters. The predicted octanol–water partition coefficient (Wildman–Crippen LogP) is 1.62. The van der Waals surface area contributed by atoms with E-state index in [-0.39, 0.29) is 22.4 Å². The Kier molecular flexibility index (Phi) is 4.11. The first-order valence-electron chi connectivity index (χ1n) is 6.21. The molecule has 0 aliphatic carbocycles. The second-order valence-corrected chi connectivity index (χ2v) is 7.03. The Balaban J connectivity index is 1.87. The third-order valence-corrected chi connectivity index (χ3v) is 4.78. The number of aromatic hydroxyl groups is 1. The van der Waals surface area contributed by atoms with Crippen LogP contribution in [0.3, 0.4) is 0 Å². The molecule has 11 heteroatoms. The van der Waals surface area contributed by atoms with Gasteiger partial charge in [0.15, 0.2) is 11.6 Å². The Morgan fingerprint density at radius 2 is 2.09 bits per heavy atom. The van der Waals surface area contributed by atoms with Gasteiger partial charge in [-0.1, -0.05) is 23.2 Å². The van der Waals surface area contributed by atoms with E-state index in [1.807, 2.05) is 0 Å². The summed E-state index contributed by atoms with van der Waals surface area (Å²) in [6.07, 6.45) is 3.18. The molecule has 3 aromatic rings. The number of sulfonamides is 1. The average Bonchev–Trinajstić information content (AvgIpc) is 2.92. The smallest absolute Gasteiger partial charge is 0.252 e. The van der Waals surface area contributed by atoms with Crippen LogP contribution in [0.2, 0.25) is 10.0 Å². The van der Waals surface area contributed by atoms with Crippen molar-refractivity contribution in [3.05, 3.63) is 46.5 Å². The van der Waals surface area contributed by atoms with E-state index in [1.165, 1.54) is 10.6 Å². The fourth-order valence-corrected chi connectivity index (χ4v) is 3.57. The zero-order valence-electron chi connectivity index (χ0n) is 11.3. The van der Waals surface area contributed by atoms with E-state index in [0.29, 0.717) is 5.78 Å². The number of phenols is 1. The molecule has 2 aromatic heterocycles. The topological polar surface area (TPSA) is 109 Å². The predicted molar refractivity (Wildman–Crippen MR) is 82.9 cm³/mol. The van der Waals surface area contributed by atoms with Crippen molar-refractivity contribution in [3.8, 4) is 5.75 Å². The fourth-order valence-electron chi connectivity index (χ4n) is 1.84. The van der Waals surface area contributed by atoms with Gasteiger partial charge in [0.1, 0.15) is 4.90 Å². The van der Waals surface area contributed by atoms with Crippen molar-refractivity contribution in [2.24, 2.45) is 0 Å². The summed E-state index contributed by atoms with van der Waals surface area (Å²) in [5, 5.41) is 13.8. The van der Waals surface area contributed by atoms with E-state index in [9.17, 15) is 13.5 Å². The van der Waals surface area contributed by atoms with Crippen LogP contribution in [0.15, 0.2) is 35.5 Å². The van der Waals surface area contributed by atoms with Gasteiger partial charge in [0.05, 0.1) is 11.6 Å². The van der Waals surface area contributed by atoms with Crippen molar-refractivity contribution in [1.29, 1.82) is 0 Å².